The smallest absolute Gasteiger partial charge is 0.222 e. The topological polar surface area (TPSA) is 20.3 Å². The Morgan fingerprint density at radius 3 is 1.41 bits per heavy atom. The van der Waals surface area contributed by atoms with Gasteiger partial charge in [-0.05, 0) is 19.3 Å². The van der Waals surface area contributed by atoms with Crippen molar-refractivity contribution in [3.05, 3.63) is 0 Å². The zero-order valence-electron chi connectivity index (χ0n) is 21.6. The predicted octanol–water partition coefficient (Wildman–Crippen LogP) is 10.8. The number of carbonyl (C=O) groups is 1. The Morgan fingerprint density at radius 1 is 0.719 bits per heavy atom. The minimum atomic E-state index is 0.292. The Bertz CT molecular complexity index is 359. The summed E-state index contributed by atoms with van der Waals surface area (Å²) >= 11 is 10.4. The lowest BCUT2D eigenvalue weighted by molar-refractivity contribution is -0.126. The molecule has 1 rings (SSSR count). The van der Waals surface area contributed by atoms with Gasteiger partial charge in [0.1, 0.15) is 0 Å². The van der Waals surface area contributed by atoms with Crippen LogP contribution in [0, 0.1) is 0 Å². The van der Waals surface area contributed by atoms with E-state index < -0.39 is 0 Å². The lowest BCUT2D eigenvalue weighted by Gasteiger charge is -2.03. The summed E-state index contributed by atoms with van der Waals surface area (Å²) in [5.74, 6) is 0.292. The summed E-state index contributed by atoms with van der Waals surface area (Å²) in [6.07, 6.45) is 27.2. The minimum Gasteiger partial charge on any atom is -0.346 e. The number of amides is 1. The molecule has 0 spiro atoms. The van der Waals surface area contributed by atoms with Crippen LogP contribution in [0.4, 0.5) is 0 Å². The molecule has 0 N–H and O–H groups in total. The van der Waals surface area contributed by atoms with Crippen molar-refractivity contribution in [3.63, 3.8) is 0 Å². The van der Waals surface area contributed by atoms with Gasteiger partial charge in [0.05, 0.1) is 3.74 Å². The minimum absolute atomic E-state index is 0.292. The second-order valence-corrected chi connectivity index (χ2v) is 13.3. The molecule has 0 aromatic heterocycles. The number of hydrogen-bond acceptors (Lipinski definition) is 1. The van der Waals surface area contributed by atoms with Crippen molar-refractivity contribution in [2.24, 2.45) is 0 Å². The van der Waals surface area contributed by atoms with Crippen molar-refractivity contribution in [1.82, 2.24) is 4.90 Å². The fourth-order valence-electron chi connectivity index (χ4n) is 3.62. The van der Waals surface area contributed by atoms with Crippen LogP contribution in [0.1, 0.15) is 142 Å². The molecule has 1 fully saturated rings. The SMILES string of the molecule is CCCCCCCCCCBr.CCCCCCCCCCCC(Br)Br.CN1CCCC1=O. The van der Waals surface area contributed by atoms with E-state index in [0.717, 1.165) is 19.4 Å². The number of likely N-dealkylation sites (tertiary alicyclic amines) is 1. The maximum absolute atomic E-state index is 10.5. The lowest BCUT2D eigenvalue weighted by Crippen LogP contribution is -2.17. The van der Waals surface area contributed by atoms with Gasteiger partial charge in [-0.25, -0.2) is 0 Å². The molecular weight excluding hydrogens is 594 g/mol. The maximum Gasteiger partial charge on any atom is 0.222 e. The highest BCUT2D eigenvalue weighted by molar-refractivity contribution is 9.24. The van der Waals surface area contributed by atoms with Gasteiger partial charge < -0.3 is 4.90 Å². The van der Waals surface area contributed by atoms with Crippen LogP contribution in [0.2, 0.25) is 0 Å². The van der Waals surface area contributed by atoms with E-state index in [4.69, 9.17) is 0 Å². The summed E-state index contributed by atoms with van der Waals surface area (Å²) in [6.45, 7) is 5.50. The molecule has 0 saturated carbocycles. The standard InChI is InChI=1S/C12H24Br2.C10H21Br.C5H9NO/c1-2-3-4-5-6-7-8-9-10-11-12(13)14;1-2-3-4-5-6-7-8-9-10-11;1-6-4-2-3-5(6)7/h12H,2-11H2,1H3;2-10H2,1H3;2-4H2,1H3. The van der Waals surface area contributed by atoms with Crippen molar-refractivity contribution in [1.29, 1.82) is 0 Å². The molecule has 5 heteroatoms. The molecule has 0 aliphatic carbocycles. The van der Waals surface area contributed by atoms with E-state index in [-0.39, 0.29) is 0 Å². The van der Waals surface area contributed by atoms with Crippen molar-refractivity contribution < 1.29 is 4.79 Å². The quantitative estimate of drug-likeness (QED) is 0.107. The summed E-state index contributed by atoms with van der Waals surface area (Å²) < 4.78 is 0.527. The molecular formula is C27H54Br3NO. The molecule has 1 aliphatic rings. The average molecular weight is 648 g/mol. The lowest BCUT2D eigenvalue weighted by atomic mass is 10.1. The van der Waals surface area contributed by atoms with Gasteiger partial charge in [0, 0.05) is 25.3 Å². The predicted molar refractivity (Wildman–Crippen MR) is 157 cm³/mol. The molecule has 194 valence electrons. The fourth-order valence-corrected chi connectivity index (χ4v) is 4.66. The highest BCUT2D eigenvalue weighted by Gasteiger charge is 2.14. The fraction of sp³-hybridized carbons (Fsp3) is 0.963. The van der Waals surface area contributed by atoms with Crippen LogP contribution in [-0.4, -0.2) is 33.5 Å². The summed E-state index contributed by atoms with van der Waals surface area (Å²) in [5.41, 5.74) is 0. The van der Waals surface area contributed by atoms with Crippen LogP contribution in [0.5, 0.6) is 0 Å². The average Bonchev–Trinajstić information content (AvgIpc) is 3.15. The van der Waals surface area contributed by atoms with Gasteiger partial charge in [-0.3, -0.25) is 4.79 Å². The third-order valence-corrected chi connectivity index (χ3v) is 7.30. The monoisotopic (exact) mass is 645 g/mol. The Morgan fingerprint density at radius 2 is 1.12 bits per heavy atom. The van der Waals surface area contributed by atoms with Crippen molar-refractivity contribution in [2.45, 2.75) is 146 Å². The molecule has 0 unspecified atom stereocenters. The number of rotatable bonds is 18. The van der Waals surface area contributed by atoms with E-state index in [1.165, 1.54) is 121 Å². The van der Waals surface area contributed by atoms with Gasteiger partial charge >= 0.3 is 0 Å². The van der Waals surface area contributed by atoms with Crippen molar-refractivity contribution in [3.8, 4) is 0 Å². The number of hydrogen-bond donors (Lipinski definition) is 0. The number of unbranched alkanes of at least 4 members (excludes halogenated alkanes) is 15. The first kappa shape index (κ1) is 35.1. The third-order valence-electron chi connectivity index (χ3n) is 5.82. The van der Waals surface area contributed by atoms with E-state index in [9.17, 15) is 4.79 Å². The van der Waals surface area contributed by atoms with E-state index in [1.807, 2.05) is 7.05 Å². The van der Waals surface area contributed by atoms with E-state index in [2.05, 4.69) is 61.6 Å². The molecule has 2 nitrogen and oxygen atoms in total. The number of alkyl halides is 3. The molecule has 1 aliphatic heterocycles. The molecule has 0 radical (unpaired) electrons. The van der Waals surface area contributed by atoms with Gasteiger partial charge in [-0.15, -0.1) is 0 Å². The second kappa shape index (κ2) is 29.9. The van der Waals surface area contributed by atoms with E-state index in [1.54, 1.807) is 4.90 Å². The maximum atomic E-state index is 10.5. The summed E-state index contributed by atoms with van der Waals surface area (Å²) in [7, 11) is 1.84. The first-order valence-corrected chi connectivity index (χ1v) is 16.5. The zero-order chi connectivity index (χ0) is 24.3. The summed E-state index contributed by atoms with van der Waals surface area (Å²) in [4.78, 5) is 12.3. The molecule has 0 aromatic rings. The van der Waals surface area contributed by atoms with Gasteiger partial charge in [-0.1, -0.05) is 164 Å². The molecule has 1 heterocycles. The van der Waals surface area contributed by atoms with Crippen LogP contribution >= 0.6 is 47.8 Å². The van der Waals surface area contributed by atoms with Crippen LogP contribution in [0.25, 0.3) is 0 Å². The van der Waals surface area contributed by atoms with Crippen LogP contribution in [-0.2, 0) is 4.79 Å². The van der Waals surface area contributed by atoms with Gasteiger partial charge in [0.2, 0.25) is 5.91 Å². The highest BCUT2D eigenvalue weighted by Crippen LogP contribution is 2.17. The molecule has 1 amide bonds. The molecule has 0 aromatic carbocycles. The van der Waals surface area contributed by atoms with E-state index in [0.29, 0.717) is 9.64 Å². The van der Waals surface area contributed by atoms with Gasteiger partial charge in [-0.2, -0.15) is 0 Å². The summed E-state index contributed by atoms with van der Waals surface area (Å²) in [6, 6.07) is 0. The normalized spacial score (nSPS) is 13.1. The van der Waals surface area contributed by atoms with Crippen molar-refractivity contribution >= 4 is 53.7 Å². The third kappa shape index (κ3) is 30.9. The van der Waals surface area contributed by atoms with E-state index >= 15 is 0 Å². The molecule has 32 heavy (non-hydrogen) atoms. The Kier molecular flexibility index (Phi) is 32.8. The Labute approximate surface area is 227 Å². The zero-order valence-corrected chi connectivity index (χ0v) is 26.4. The Hall–Kier alpha value is 0.910. The van der Waals surface area contributed by atoms with Crippen molar-refractivity contribution in [2.75, 3.05) is 18.9 Å². The van der Waals surface area contributed by atoms with Gasteiger partial charge in [0.25, 0.3) is 0 Å². The summed E-state index contributed by atoms with van der Waals surface area (Å²) in [5, 5.41) is 1.18. The van der Waals surface area contributed by atoms with Crippen LogP contribution in [0.3, 0.4) is 0 Å². The van der Waals surface area contributed by atoms with Gasteiger partial charge in [0.15, 0.2) is 0 Å². The number of nitrogens with zero attached hydrogens (tertiary/aromatic N) is 1. The first-order chi connectivity index (χ1) is 15.5. The molecule has 0 atom stereocenters. The molecule has 1 saturated heterocycles. The Balaban J connectivity index is 0. The van der Waals surface area contributed by atoms with Crippen LogP contribution in [0.15, 0.2) is 0 Å². The number of carbonyl (C=O) groups excluding carboxylic acids is 1. The second-order valence-electron chi connectivity index (χ2n) is 9.09. The largest absolute Gasteiger partial charge is 0.346 e. The number of halogens is 3. The molecule has 0 bridgehead atoms. The first-order valence-electron chi connectivity index (χ1n) is 13.6. The highest BCUT2D eigenvalue weighted by atomic mass is 79.9. The van der Waals surface area contributed by atoms with Crippen LogP contribution < -0.4 is 0 Å².